The molecule has 0 bridgehead atoms. The second-order valence-corrected chi connectivity index (χ2v) is 6.47. The van der Waals surface area contributed by atoms with Crippen LogP contribution in [-0.2, 0) is 11.3 Å². The monoisotopic (exact) mass is 307 g/mol. The highest BCUT2D eigenvalue weighted by atomic mass is 32.2. The van der Waals surface area contributed by atoms with Gasteiger partial charge < -0.3 is 5.32 Å². The largest absolute Gasteiger partial charge is 0.310 e. The van der Waals surface area contributed by atoms with E-state index in [-0.39, 0.29) is 17.2 Å². The van der Waals surface area contributed by atoms with Crippen molar-refractivity contribution >= 4 is 23.5 Å². The number of amides is 1. The van der Waals surface area contributed by atoms with Gasteiger partial charge in [0.25, 0.3) is 0 Å². The standard InChI is InChI=1S/C14H21N5OS/c1-11(2)19-13(5-7-16-19)17-14(20)12(3)21-10-9-18-8-4-6-15-18/h4-8,11-12H,9-10H2,1-3H3,(H,17,20)/t12-/m1/s1. The van der Waals surface area contributed by atoms with E-state index in [4.69, 9.17) is 0 Å². The van der Waals surface area contributed by atoms with Gasteiger partial charge in [-0.25, -0.2) is 4.68 Å². The van der Waals surface area contributed by atoms with Crippen LogP contribution in [0.25, 0.3) is 0 Å². The predicted molar refractivity (Wildman–Crippen MR) is 85.4 cm³/mol. The molecule has 1 atom stereocenters. The maximum Gasteiger partial charge on any atom is 0.238 e. The zero-order valence-electron chi connectivity index (χ0n) is 12.6. The van der Waals surface area contributed by atoms with E-state index in [1.54, 1.807) is 28.8 Å². The van der Waals surface area contributed by atoms with Gasteiger partial charge in [0.05, 0.1) is 11.4 Å². The van der Waals surface area contributed by atoms with E-state index in [0.29, 0.717) is 0 Å². The van der Waals surface area contributed by atoms with Gasteiger partial charge in [-0.3, -0.25) is 9.48 Å². The van der Waals surface area contributed by atoms with Crippen molar-refractivity contribution in [2.24, 2.45) is 0 Å². The second kappa shape index (κ2) is 7.31. The molecular formula is C14H21N5OS. The fraction of sp³-hybridized carbons (Fsp3) is 0.500. The van der Waals surface area contributed by atoms with Crippen molar-refractivity contribution in [2.75, 3.05) is 11.1 Å². The third kappa shape index (κ3) is 4.35. The van der Waals surface area contributed by atoms with Gasteiger partial charge in [-0.2, -0.15) is 10.2 Å². The highest BCUT2D eigenvalue weighted by molar-refractivity contribution is 8.00. The Balaban J connectivity index is 1.80. The molecule has 0 aliphatic rings. The summed E-state index contributed by atoms with van der Waals surface area (Å²) in [5.41, 5.74) is 0. The Morgan fingerprint density at radius 2 is 2.14 bits per heavy atom. The first-order chi connectivity index (χ1) is 10.1. The molecule has 2 aromatic heterocycles. The van der Waals surface area contributed by atoms with Crippen molar-refractivity contribution in [2.45, 2.75) is 38.6 Å². The van der Waals surface area contributed by atoms with E-state index in [2.05, 4.69) is 15.5 Å². The van der Waals surface area contributed by atoms with Crippen LogP contribution in [0.15, 0.2) is 30.7 Å². The summed E-state index contributed by atoms with van der Waals surface area (Å²) < 4.78 is 3.67. The molecule has 0 spiro atoms. The highest BCUT2D eigenvalue weighted by Crippen LogP contribution is 2.16. The van der Waals surface area contributed by atoms with E-state index in [0.717, 1.165) is 18.1 Å². The number of hydrogen-bond donors (Lipinski definition) is 1. The molecule has 0 fully saturated rings. The molecule has 0 aliphatic carbocycles. The van der Waals surface area contributed by atoms with Crippen LogP contribution >= 0.6 is 11.8 Å². The van der Waals surface area contributed by atoms with E-state index in [1.807, 2.05) is 43.8 Å². The second-order valence-electron chi connectivity index (χ2n) is 5.03. The van der Waals surface area contributed by atoms with Gasteiger partial charge in [0.1, 0.15) is 5.82 Å². The summed E-state index contributed by atoms with van der Waals surface area (Å²) in [6.07, 6.45) is 5.38. The number of anilines is 1. The number of nitrogens with one attached hydrogen (secondary N) is 1. The third-order valence-electron chi connectivity index (χ3n) is 3.03. The van der Waals surface area contributed by atoms with Crippen LogP contribution in [0.2, 0.25) is 0 Å². The minimum absolute atomic E-state index is 0.00265. The summed E-state index contributed by atoms with van der Waals surface area (Å²) in [5, 5.41) is 11.2. The van der Waals surface area contributed by atoms with Crippen LogP contribution in [0.1, 0.15) is 26.8 Å². The van der Waals surface area contributed by atoms with Gasteiger partial charge in [-0.1, -0.05) is 0 Å². The normalized spacial score (nSPS) is 12.6. The van der Waals surface area contributed by atoms with Crippen LogP contribution in [0.5, 0.6) is 0 Å². The summed E-state index contributed by atoms with van der Waals surface area (Å²) in [6, 6.07) is 3.94. The maximum atomic E-state index is 12.2. The summed E-state index contributed by atoms with van der Waals surface area (Å²) in [5.74, 6) is 1.59. The van der Waals surface area contributed by atoms with Crippen molar-refractivity contribution in [3.8, 4) is 0 Å². The minimum Gasteiger partial charge on any atom is -0.310 e. The molecule has 0 unspecified atom stereocenters. The molecule has 2 heterocycles. The van der Waals surface area contributed by atoms with Crippen molar-refractivity contribution in [3.63, 3.8) is 0 Å². The summed E-state index contributed by atoms with van der Waals surface area (Å²) in [7, 11) is 0. The number of thioether (sulfide) groups is 1. The molecular weight excluding hydrogens is 286 g/mol. The van der Waals surface area contributed by atoms with Crippen LogP contribution in [0.4, 0.5) is 5.82 Å². The zero-order chi connectivity index (χ0) is 15.2. The number of rotatable bonds is 7. The molecule has 1 amide bonds. The molecule has 0 aliphatic heterocycles. The molecule has 0 saturated heterocycles. The predicted octanol–water partition coefficient (Wildman–Crippen LogP) is 2.42. The van der Waals surface area contributed by atoms with Crippen molar-refractivity contribution in [1.82, 2.24) is 19.6 Å². The Hall–Kier alpha value is -1.76. The Morgan fingerprint density at radius 1 is 1.33 bits per heavy atom. The van der Waals surface area contributed by atoms with Gasteiger partial charge in [0.2, 0.25) is 5.91 Å². The van der Waals surface area contributed by atoms with Gasteiger partial charge in [-0.05, 0) is 26.8 Å². The van der Waals surface area contributed by atoms with Gasteiger partial charge >= 0.3 is 0 Å². The molecule has 2 rings (SSSR count). The van der Waals surface area contributed by atoms with Gasteiger partial charge in [0, 0.05) is 36.8 Å². The fourth-order valence-electron chi connectivity index (χ4n) is 1.88. The number of carbonyl (C=O) groups excluding carboxylic acids is 1. The highest BCUT2D eigenvalue weighted by Gasteiger charge is 2.16. The first-order valence-electron chi connectivity index (χ1n) is 7.01. The summed E-state index contributed by atoms with van der Waals surface area (Å²) >= 11 is 1.62. The lowest BCUT2D eigenvalue weighted by molar-refractivity contribution is -0.115. The molecule has 6 nitrogen and oxygen atoms in total. The zero-order valence-corrected chi connectivity index (χ0v) is 13.4. The average molecular weight is 307 g/mol. The molecule has 0 aromatic carbocycles. The van der Waals surface area contributed by atoms with Crippen molar-refractivity contribution in [1.29, 1.82) is 0 Å². The molecule has 0 radical (unpaired) electrons. The van der Waals surface area contributed by atoms with E-state index in [9.17, 15) is 4.79 Å². The lowest BCUT2D eigenvalue weighted by atomic mass is 10.4. The molecule has 0 saturated carbocycles. The summed E-state index contributed by atoms with van der Waals surface area (Å²) in [6.45, 7) is 6.79. The lowest BCUT2D eigenvalue weighted by Crippen LogP contribution is -2.25. The molecule has 21 heavy (non-hydrogen) atoms. The quantitative estimate of drug-likeness (QED) is 0.853. The number of aromatic nitrogens is 4. The third-order valence-corrected chi connectivity index (χ3v) is 4.16. The SMILES string of the molecule is CC(C)n1nccc1NC(=O)[C@@H](C)SCCn1cccn1. The molecule has 7 heteroatoms. The van der Waals surface area contributed by atoms with E-state index in [1.165, 1.54) is 0 Å². The van der Waals surface area contributed by atoms with E-state index < -0.39 is 0 Å². The number of hydrogen-bond acceptors (Lipinski definition) is 4. The number of aryl methyl sites for hydroxylation is 1. The Labute approximate surface area is 128 Å². The van der Waals surface area contributed by atoms with Gasteiger partial charge in [0.15, 0.2) is 0 Å². The minimum atomic E-state index is -0.115. The molecule has 114 valence electrons. The summed E-state index contributed by atoms with van der Waals surface area (Å²) in [4.78, 5) is 12.2. The topological polar surface area (TPSA) is 64.7 Å². The van der Waals surface area contributed by atoms with Crippen LogP contribution in [0, 0.1) is 0 Å². The van der Waals surface area contributed by atoms with Gasteiger partial charge in [-0.15, -0.1) is 11.8 Å². The average Bonchev–Trinajstić information content (AvgIpc) is 3.09. The molecule has 1 N–H and O–H groups in total. The van der Waals surface area contributed by atoms with Crippen LogP contribution in [-0.4, -0.2) is 36.5 Å². The van der Waals surface area contributed by atoms with Crippen molar-refractivity contribution < 1.29 is 4.79 Å². The van der Waals surface area contributed by atoms with E-state index >= 15 is 0 Å². The lowest BCUT2D eigenvalue weighted by Gasteiger charge is -2.15. The van der Waals surface area contributed by atoms with Crippen LogP contribution in [0.3, 0.4) is 0 Å². The number of carbonyl (C=O) groups is 1. The van der Waals surface area contributed by atoms with Crippen LogP contribution < -0.4 is 5.32 Å². The smallest absolute Gasteiger partial charge is 0.238 e. The Kier molecular flexibility index (Phi) is 5.44. The molecule has 2 aromatic rings. The van der Waals surface area contributed by atoms with Crippen molar-refractivity contribution in [3.05, 3.63) is 30.7 Å². The Bertz CT molecular complexity index is 564. The fourth-order valence-corrected chi connectivity index (χ4v) is 2.74. The first-order valence-corrected chi connectivity index (χ1v) is 8.06. The first kappa shape index (κ1) is 15.6. The number of nitrogens with zero attached hydrogens (tertiary/aromatic N) is 4. The maximum absolute atomic E-state index is 12.2. The Morgan fingerprint density at radius 3 is 2.81 bits per heavy atom.